The van der Waals surface area contributed by atoms with Crippen molar-refractivity contribution in [3.8, 4) is 5.75 Å². The van der Waals surface area contributed by atoms with Crippen LogP contribution in [0, 0.1) is 0 Å². The Bertz CT molecular complexity index is 453. The van der Waals surface area contributed by atoms with Crippen LogP contribution in [0.1, 0.15) is 23.4 Å². The predicted molar refractivity (Wildman–Crippen MR) is 75.2 cm³/mol. The third-order valence-corrected chi connectivity index (χ3v) is 3.86. The van der Waals surface area contributed by atoms with Crippen LogP contribution in [0.5, 0.6) is 5.75 Å². The van der Waals surface area contributed by atoms with Gasteiger partial charge in [-0.05, 0) is 37.6 Å². The van der Waals surface area contributed by atoms with E-state index in [9.17, 15) is 0 Å². The Hall–Kier alpha value is -1.39. The summed E-state index contributed by atoms with van der Waals surface area (Å²) in [6.07, 6.45) is 2.95. The summed E-state index contributed by atoms with van der Waals surface area (Å²) in [7, 11) is 1.69. The topological polar surface area (TPSA) is 34.1 Å². The lowest BCUT2D eigenvalue weighted by atomic mass is 10.1. The molecule has 2 rings (SSSR count). The highest BCUT2D eigenvalue weighted by atomic mass is 32.1. The molecular formula is C14H18N2OS. The number of rotatable bonds is 6. The predicted octanol–water partition coefficient (Wildman–Crippen LogP) is 3.05. The number of ether oxygens (including phenoxy) is 1. The molecule has 4 heteroatoms. The summed E-state index contributed by atoms with van der Waals surface area (Å²) >= 11 is 1.69. The molecule has 0 aliphatic heterocycles. The Morgan fingerprint density at radius 2 is 2.11 bits per heavy atom. The third kappa shape index (κ3) is 3.55. The van der Waals surface area contributed by atoms with Gasteiger partial charge in [-0.2, -0.15) is 0 Å². The van der Waals surface area contributed by atoms with Crippen LogP contribution in [0.15, 0.2) is 36.0 Å². The average molecular weight is 262 g/mol. The molecule has 3 nitrogen and oxygen atoms in total. The van der Waals surface area contributed by atoms with Crippen LogP contribution in [-0.2, 0) is 6.42 Å². The van der Waals surface area contributed by atoms with E-state index in [-0.39, 0.29) is 0 Å². The molecule has 1 aromatic carbocycles. The molecule has 0 spiro atoms. The minimum atomic E-state index is 0.371. The van der Waals surface area contributed by atoms with E-state index in [0.717, 1.165) is 18.7 Å². The fraction of sp³-hybridized carbons (Fsp3) is 0.357. The number of aromatic nitrogens is 1. The monoisotopic (exact) mass is 262 g/mol. The Balaban J connectivity index is 1.77. The van der Waals surface area contributed by atoms with Crippen molar-refractivity contribution in [2.45, 2.75) is 19.4 Å². The zero-order chi connectivity index (χ0) is 12.8. The molecule has 0 bridgehead atoms. The average Bonchev–Trinajstić information content (AvgIpc) is 2.93. The first kappa shape index (κ1) is 13.1. The highest BCUT2D eigenvalue weighted by Gasteiger charge is 2.05. The van der Waals surface area contributed by atoms with Crippen molar-refractivity contribution in [1.82, 2.24) is 10.3 Å². The van der Waals surface area contributed by atoms with E-state index in [1.165, 1.54) is 10.4 Å². The van der Waals surface area contributed by atoms with Gasteiger partial charge in [0.2, 0.25) is 0 Å². The fourth-order valence-corrected chi connectivity index (χ4v) is 2.42. The zero-order valence-electron chi connectivity index (χ0n) is 10.7. The van der Waals surface area contributed by atoms with E-state index < -0.39 is 0 Å². The van der Waals surface area contributed by atoms with Gasteiger partial charge in [-0.1, -0.05) is 12.1 Å². The van der Waals surface area contributed by atoms with Crippen LogP contribution < -0.4 is 10.1 Å². The standard InChI is InChI=1S/C14H18N2OS/c1-11(14-9-15-10-18-14)16-8-7-12-3-5-13(17-2)6-4-12/h3-6,9-11,16H,7-8H2,1-2H3. The van der Waals surface area contributed by atoms with Crippen molar-refractivity contribution in [2.75, 3.05) is 13.7 Å². The number of methoxy groups -OCH3 is 1. The Morgan fingerprint density at radius 3 is 2.72 bits per heavy atom. The molecule has 18 heavy (non-hydrogen) atoms. The highest BCUT2D eigenvalue weighted by molar-refractivity contribution is 7.09. The molecule has 0 aliphatic rings. The van der Waals surface area contributed by atoms with E-state index in [4.69, 9.17) is 4.74 Å². The minimum Gasteiger partial charge on any atom is -0.497 e. The molecule has 0 amide bonds. The van der Waals surface area contributed by atoms with Crippen LogP contribution >= 0.6 is 11.3 Å². The Kier molecular flexibility index (Phi) is 4.73. The van der Waals surface area contributed by atoms with Crippen LogP contribution in [0.4, 0.5) is 0 Å². The van der Waals surface area contributed by atoms with Gasteiger partial charge in [0, 0.05) is 17.1 Å². The largest absolute Gasteiger partial charge is 0.497 e. The van der Waals surface area contributed by atoms with Crippen LogP contribution in [-0.4, -0.2) is 18.6 Å². The molecule has 1 heterocycles. The quantitative estimate of drug-likeness (QED) is 0.869. The Morgan fingerprint density at radius 1 is 1.33 bits per heavy atom. The van der Waals surface area contributed by atoms with Crippen molar-refractivity contribution >= 4 is 11.3 Å². The first-order valence-electron chi connectivity index (χ1n) is 6.04. The van der Waals surface area contributed by atoms with Crippen molar-refractivity contribution in [3.05, 3.63) is 46.4 Å². The lowest BCUT2D eigenvalue weighted by Crippen LogP contribution is -2.20. The van der Waals surface area contributed by atoms with Gasteiger partial charge in [0.15, 0.2) is 0 Å². The van der Waals surface area contributed by atoms with Gasteiger partial charge in [-0.15, -0.1) is 11.3 Å². The van der Waals surface area contributed by atoms with E-state index >= 15 is 0 Å². The molecule has 2 aromatic rings. The SMILES string of the molecule is COc1ccc(CCNC(C)c2cncs2)cc1. The summed E-state index contributed by atoms with van der Waals surface area (Å²) in [6.45, 7) is 3.13. The lowest BCUT2D eigenvalue weighted by Gasteiger charge is -2.11. The number of hydrogen-bond donors (Lipinski definition) is 1. The lowest BCUT2D eigenvalue weighted by molar-refractivity contribution is 0.414. The van der Waals surface area contributed by atoms with Gasteiger partial charge < -0.3 is 10.1 Å². The summed E-state index contributed by atoms with van der Waals surface area (Å²) in [5.74, 6) is 0.907. The molecular weight excluding hydrogens is 244 g/mol. The second kappa shape index (κ2) is 6.52. The number of thiazole rings is 1. The number of benzene rings is 1. The van der Waals surface area contributed by atoms with E-state index in [1.54, 1.807) is 18.4 Å². The summed E-state index contributed by atoms with van der Waals surface area (Å²) in [6, 6.07) is 8.59. The molecule has 0 aliphatic carbocycles. The van der Waals surface area contributed by atoms with Crippen LogP contribution in [0.25, 0.3) is 0 Å². The van der Waals surface area contributed by atoms with Crippen molar-refractivity contribution in [1.29, 1.82) is 0 Å². The second-order valence-electron chi connectivity index (χ2n) is 4.18. The summed E-state index contributed by atoms with van der Waals surface area (Å²) in [4.78, 5) is 5.38. The van der Waals surface area contributed by atoms with Crippen molar-refractivity contribution in [2.24, 2.45) is 0 Å². The maximum Gasteiger partial charge on any atom is 0.118 e. The fourth-order valence-electron chi connectivity index (χ4n) is 1.77. The van der Waals surface area contributed by atoms with Crippen LogP contribution in [0.2, 0.25) is 0 Å². The summed E-state index contributed by atoms with van der Waals surface area (Å²) in [5.41, 5.74) is 3.19. The van der Waals surface area contributed by atoms with E-state index in [1.807, 2.05) is 23.8 Å². The van der Waals surface area contributed by atoms with E-state index in [2.05, 4.69) is 29.4 Å². The maximum absolute atomic E-state index is 5.14. The number of nitrogens with zero attached hydrogens (tertiary/aromatic N) is 1. The van der Waals surface area contributed by atoms with Gasteiger partial charge in [0.25, 0.3) is 0 Å². The van der Waals surface area contributed by atoms with Crippen LogP contribution in [0.3, 0.4) is 0 Å². The molecule has 0 radical (unpaired) electrons. The normalized spacial score (nSPS) is 12.3. The molecule has 0 saturated heterocycles. The van der Waals surface area contributed by atoms with Crippen molar-refractivity contribution < 1.29 is 4.74 Å². The van der Waals surface area contributed by atoms with Gasteiger partial charge >= 0.3 is 0 Å². The second-order valence-corrected chi connectivity index (χ2v) is 5.10. The van der Waals surface area contributed by atoms with Gasteiger partial charge in [0.05, 0.1) is 12.6 Å². The molecule has 1 aromatic heterocycles. The first-order chi connectivity index (χ1) is 8.79. The third-order valence-electron chi connectivity index (χ3n) is 2.90. The molecule has 96 valence electrons. The highest BCUT2D eigenvalue weighted by Crippen LogP contribution is 2.16. The number of nitrogens with one attached hydrogen (secondary N) is 1. The Labute approximate surface area is 112 Å². The molecule has 1 N–H and O–H groups in total. The maximum atomic E-state index is 5.14. The summed E-state index contributed by atoms with van der Waals surface area (Å²) in [5, 5.41) is 3.50. The number of hydrogen-bond acceptors (Lipinski definition) is 4. The van der Waals surface area contributed by atoms with Crippen molar-refractivity contribution in [3.63, 3.8) is 0 Å². The van der Waals surface area contributed by atoms with Gasteiger partial charge in [0.1, 0.15) is 5.75 Å². The smallest absolute Gasteiger partial charge is 0.118 e. The minimum absolute atomic E-state index is 0.371. The van der Waals surface area contributed by atoms with Gasteiger partial charge in [-0.3, -0.25) is 4.98 Å². The molecule has 0 saturated carbocycles. The van der Waals surface area contributed by atoms with Gasteiger partial charge in [-0.25, -0.2) is 0 Å². The first-order valence-corrected chi connectivity index (χ1v) is 6.92. The van der Waals surface area contributed by atoms with E-state index in [0.29, 0.717) is 6.04 Å². The summed E-state index contributed by atoms with van der Waals surface area (Å²) < 4.78 is 5.14. The molecule has 1 unspecified atom stereocenters. The molecule has 1 atom stereocenters. The molecule has 0 fully saturated rings. The zero-order valence-corrected chi connectivity index (χ0v) is 11.5.